The molecule has 0 spiro atoms. The van der Waals surface area contributed by atoms with E-state index in [0.717, 1.165) is 11.6 Å². The van der Waals surface area contributed by atoms with E-state index < -0.39 is 0 Å². The molecule has 2 unspecified atom stereocenters. The highest BCUT2D eigenvalue weighted by molar-refractivity contribution is 5.95. The van der Waals surface area contributed by atoms with Gasteiger partial charge in [0.05, 0.1) is 0 Å². The summed E-state index contributed by atoms with van der Waals surface area (Å²) >= 11 is 0. The number of hydrogen-bond acceptors (Lipinski definition) is 4. The summed E-state index contributed by atoms with van der Waals surface area (Å²) in [6, 6.07) is 4.40. The minimum atomic E-state index is 0.0484. The number of pyridine rings is 1. The number of nitrogens with two attached hydrogens (primary N) is 1. The van der Waals surface area contributed by atoms with Crippen molar-refractivity contribution < 1.29 is 5.21 Å². The van der Waals surface area contributed by atoms with Crippen LogP contribution in [0, 0.1) is 5.92 Å². The second-order valence-corrected chi connectivity index (χ2v) is 5.42. The van der Waals surface area contributed by atoms with Gasteiger partial charge < -0.3 is 15.8 Å². The second kappa shape index (κ2) is 5.91. The first-order valence-electron chi connectivity index (χ1n) is 6.78. The summed E-state index contributed by atoms with van der Waals surface area (Å²) < 4.78 is 0. The fourth-order valence-electron chi connectivity index (χ4n) is 2.79. The molecular weight excluding hydrogens is 240 g/mol. The summed E-state index contributed by atoms with van der Waals surface area (Å²) in [6.07, 6.45) is 6.76. The van der Waals surface area contributed by atoms with Crippen LogP contribution in [0.3, 0.4) is 0 Å². The molecule has 0 aromatic carbocycles. The van der Waals surface area contributed by atoms with Crippen LogP contribution in [0.4, 0.5) is 5.69 Å². The minimum Gasteiger partial charge on any atom is -0.409 e. The third kappa shape index (κ3) is 3.16. The topological polar surface area (TPSA) is 74.7 Å². The molecule has 1 aliphatic rings. The van der Waals surface area contributed by atoms with E-state index >= 15 is 0 Å². The zero-order chi connectivity index (χ0) is 13.8. The lowest BCUT2D eigenvalue weighted by molar-refractivity contribution is 0.318. The van der Waals surface area contributed by atoms with E-state index in [2.05, 4.69) is 29.0 Å². The Balaban J connectivity index is 2.16. The molecule has 0 bridgehead atoms. The molecule has 1 aromatic rings. The van der Waals surface area contributed by atoms with Gasteiger partial charge in [-0.2, -0.15) is 0 Å². The molecule has 104 valence electrons. The smallest absolute Gasteiger partial charge is 0.188 e. The molecule has 1 saturated carbocycles. The molecule has 0 aliphatic heterocycles. The summed E-state index contributed by atoms with van der Waals surface area (Å²) in [4.78, 5) is 6.39. The molecule has 5 heteroatoms. The van der Waals surface area contributed by atoms with Crippen molar-refractivity contribution in [3.05, 3.63) is 24.0 Å². The van der Waals surface area contributed by atoms with E-state index in [-0.39, 0.29) is 5.84 Å². The normalized spacial score (nSPS) is 24.2. The van der Waals surface area contributed by atoms with Gasteiger partial charge in [0.25, 0.3) is 0 Å². The van der Waals surface area contributed by atoms with Crippen LogP contribution in [-0.2, 0) is 0 Å². The molecule has 19 heavy (non-hydrogen) atoms. The van der Waals surface area contributed by atoms with E-state index in [1.165, 1.54) is 25.7 Å². The van der Waals surface area contributed by atoms with Crippen LogP contribution in [0.5, 0.6) is 0 Å². The quantitative estimate of drug-likeness (QED) is 0.379. The van der Waals surface area contributed by atoms with Gasteiger partial charge in [0.15, 0.2) is 5.84 Å². The number of nitrogens with zero attached hydrogens (tertiary/aromatic N) is 3. The molecule has 0 saturated heterocycles. The lowest BCUT2D eigenvalue weighted by atomic mass is 9.86. The first kappa shape index (κ1) is 13.6. The van der Waals surface area contributed by atoms with Gasteiger partial charge in [0, 0.05) is 25.0 Å². The molecule has 2 rings (SSSR count). The summed E-state index contributed by atoms with van der Waals surface area (Å²) in [5, 5.41) is 11.7. The average Bonchev–Trinajstić information content (AvgIpc) is 2.45. The van der Waals surface area contributed by atoms with Crippen LogP contribution in [0.1, 0.15) is 38.3 Å². The van der Waals surface area contributed by atoms with Crippen LogP contribution < -0.4 is 10.6 Å². The first-order valence-corrected chi connectivity index (χ1v) is 6.78. The Morgan fingerprint density at radius 3 is 3.00 bits per heavy atom. The Morgan fingerprint density at radius 2 is 2.32 bits per heavy atom. The second-order valence-electron chi connectivity index (χ2n) is 5.42. The Bertz CT molecular complexity index is 461. The highest BCUT2D eigenvalue weighted by Gasteiger charge is 2.22. The molecule has 0 amide bonds. The van der Waals surface area contributed by atoms with Gasteiger partial charge in [-0.3, -0.25) is 4.98 Å². The minimum absolute atomic E-state index is 0.0484. The third-order valence-electron chi connectivity index (χ3n) is 3.98. The average molecular weight is 262 g/mol. The van der Waals surface area contributed by atoms with Gasteiger partial charge >= 0.3 is 0 Å². The van der Waals surface area contributed by atoms with Crippen molar-refractivity contribution in [3.8, 4) is 0 Å². The zero-order valence-electron chi connectivity index (χ0n) is 11.6. The van der Waals surface area contributed by atoms with Crippen LogP contribution >= 0.6 is 0 Å². The highest BCUT2D eigenvalue weighted by Crippen LogP contribution is 2.29. The predicted octanol–water partition coefficient (Wildman–Crippen LogP) is 2.19. The molecule has 5 nitrogen and oxygen atoms in total. The summed E-state index contributed by atoms with van der Waals surface area (Å²) in [5.74, 6) is 0.832. The Kier molecular flexibility index (Phi) is 4.24. The zero-order valence-corrected chi connectivity index (χ0v) is 11.6. The van der Waals surface area contributed by atoms with Crippen molar-refractivity contribution in [1.82, 2.24) is 4.98 Å². The van der Waals surface area contributed by atoms with E-state index in [9.17, 15) is 0 Å². The molecule has 1 fully saturated rings. The number of anilines is 1. The van der Waals surface area contributed by atoms with Crippen LogP contribution in [0.2, 0.25) is 0 Å². The number of aromatic nitrogens is 1. The monoisotopic (exact) mass is 262 g/mol. The predicted molar refractivity (Wildman–Crippen MR) is 76.6 cm³/mol. The van der Waals surface area contributed by atoms with Crippen LogP contribution in [0.15, 0.2) is 23.5 Å². The fourth-order valence-corrected chi connectivity index (χ4v) is 2.79. The molecule has 2 atom stereocenters. The molecule has 1 aliphatic carbocycles. The standard InChI is InChI=1S/C14H22N4O/c1-10-4-3-5-11(8-10)18(2)12-6-7-16-13(9-12)14(15)17-19/h6-7,9-11,19H,3-5,8H2,1-2H3,(H2,15,17). The van der Waals surface area contributed by atoms with E-state index in [1.54, 1.807) is 6.20 Å². The van der Waals surface area contributed by atoms with Crippen molar-refractivity contribution in [2.45, 2.75) is 38.6 Å². The van der Waals surface area contributed by atoms with Crippen LogP contribution in [0.25, 0.3) is 0 Å². The molecule has 1 heterocycles. The van der Waals surface area contributed by atoms with Gasteiger partial charge in [0.1, 0.15) is 5.69 Å². The van der Waals surface area contributed by atoms with E-state index in [0.29, 0.717) is 11.7 Å². The molecule has 1 aromatic heterocycles. The van der Waals surface area contributed by atoms with Gasteiger partial charge in [-0.1, -0.05) is 24.9 Å². The summed E-state index contributed by atoms with van der Waals surface area (Å²) in [5.41, 5.74) is 7.16. The lowest BCUT2D eigenvalue weighted by Crippen LogP contribution is -2.35. The molecular formula is C14H22N4O. The van der Waals surface area contributed by atoms with Gasteiger partial charge in [0.2, 0.25) is 0 Å². The summed E-state index contributed by atoms with van der Waals surface area (Å²) in [7, 11) is 2.11. The molecule has 0 radical (unpaired) electrons. The molecule has 3 N–H and O–H groups in total. The number of oxime groups is 1. The van der Waals surface area contributed by atoms with E-state index in [4.69, 9.17) is 10.9 Å². The van der Waals surface area contributed by atoms with Gasteiger partial charge in [-0.25, -0.2) is 0 Å². The van der Waals surface area contributed by atoms with Crippen molar-refractivity contribution in [2.75, 3.05) is 11.9 Å². The third-order valence-corrected chi connectivity index (χ3v) is 3.98. The van der Waals surface area contributed by atoms with Gasteiger partial charge in [-0.05, 0) is 30.9 Å². The highest BCUT2D eigenvalue weighted by atomic mass is 16.4. The Hall–Kier alpha value is -1.78. The van der Waals surface area contributed by atoms with Crippen LogP contribution in [-0.4, -0.2) is 29.1 Å². The summed E-state index contributed by atoms with van der Waals surface area (Å²) in [6.45, 7) is 2.31. The van der Waals surface area contributed by atoms with E-state index in [1.807, 2.05) is 12.1 Å². The van der Waals surface area contributed by atoms with Crippen molar-refractivity contribution in [2.24, 2.45) is 16.8 Å². The largest absolute Gasteiger partial charge is 0.409 e. The Morgan fingerprint density at radius 1 is 1.53 bits per heavy atom. The Labute approximate surface area is 114 Å². The maximum atomic E-state index is 8.71. The lowest BCUT2D eigenvalue weighted by Gasteiger charge is -2.35. The van der Waals surface area contributed by atoms with Crippen molar-refractivity contribution in [1.29, 1.82) is 0 Å². The number of hydrogen-bond donors (Lipinski definition) is 2. The van der Waals surface area contributed by atoms with Crippen molar-refractivity contribution >= 4 is 11.5 Å². The number of amidine groups is 1. The van der Waals surface area contributed by atoms with Crippen molar-refractivity contribution in [3.63, 3.8) is 0 Å². The van der Waals surface area contributed by atoms with Gasteiger partial charge in [-0.15, -0.1) is 0 Å². The number of rotatable bonds is 3. The SMILES string of the molecule is CC1CCCC(N(C)c2ccnc(C(N)=NO)c2)C1. The first-order chi connectivity index (χ1) is 9.11. The fraction of sp³-hybridized carbons (Fsp3) is 0.571. The maximum absolute atomic E-state index is 8.71. The maximum Gasteiger partial charge on any atom is 0.188 e.